The minimum atomic E-state index is -0.355. The largest absolute Gasteiger partial charge is 0.494 e. The molecule has 1 aromatic carbocycles. The van der Waals surface area contributed by atoms with Gasteiger partial charge in [0.1, 0.15) is 5.75 Å². The Balaban J connectivity index is 2.36. The number of unbranched alkanes of at least 4 members (excludes halogenated alkanes) is 4. The number of rotatable bonds is 9. The van der Waals surface area contributed by atoms with Crippen molar-refractivity contribution in [3.05, 3.63) is 29.8 Å². The van der Waals surface area contributed by atoms with E-state index in [-0.39, 0.29) is 6.10 Å². The number of benzene rings is 1. The van der Waals surface area contributed by atoms with Crippen LogP contribution < -0.4 is 4.74 Å². The molecule has 0 aliphatic carbocycles. The zero-order valence-corrected chi connectivity index (χ0v) is 11.7. The maximum atomic E-state index is 10.1. The van der Waals surface area contributed by atoms with Gasteiger partial charge in [-0.2, -0.15) is 0 Å². The van der Waals surface area contributed by atoms with Gasteiger partial charge in [0.15, 0.2) is 0 Å². The highest BCUT2D eigenvalue weighted by molar-refractivity contribution is 5.29. The van der Waals surface area contributed by atoms with Crippen LogP contribution in [0.1, 0.15) is 64.0 Å². The molecule has 0 bridgehead atoms. The van der Waals surface area contributed by atoms with Crippen molar-refractivity contribution in [2.45, 2.75) is 58.5 Å². The van der Waals surface area contributed by atoms with Crippen molar-refractivity contribution in [2.24, 2.45) is 0 Å². The first-order valence-electron chi connectivity index (χ1n) is 7.18. The van der Waals surface area contributed by atoms with Crippen molar-refractivity contribution in [2.75, 3.05) is 6.61 Å². The van der Waals surface area contributed by atoms with Crippen molar-refractivity contribution in [3.63, 3.8) is 0 Å². The van der Waals surface area contributed by atoms with Gasteiger partial charge in [0.05, 0.1) is 12.7 Å². The number of hydrogen-bond acceptors (Lipinski definition) is 2. The Bertz CT molecular complexity index is 323. The van der Waals surface area contributed by atoms with Gasteiger partial charge in [-0.3, -0.25) is 0 Å². The summed E-state index contributed by atoms with van der Waals surface area (Å²) in [5.41, 5.74) is 0.969. The van der Waals surface area contributed by atoms with Gasteiger partial charge in [0.2, 0.25) is 0 Å². The fraction of sp³-hybridized carbons (Fsp3) is 0.625. The monoisotopic (exact) mass is 250 g/mol. The van der Waals surface area contributed by atoms with Crippen LogP contribution in [0.15, 0.2) is 24.3 Å². The van der Waals surface area contributed by atoms with Crippen LogP contribution in [-0.4, -0.2) is 11.7 Å². The molecule has 2 heteroatoms. The van der Waals surface area contributed by atoms with Crippen molar-refractivity contribution < 1.29 is 9.84 Å². The Morgan fingerprint density at radius 2 is 1.89 bits per heavy atom. The molecule has 0 aliphatic rings. The molecule has 1 aromatic rings. The summed E-state index contributed by atoms with van der Waals surface area (Å²) in [5.74, 6) is 0.847. The Morgan fingerprint density at radius 1 is 1.11 bits per heavy atom. The van der Waals surface area contributed by atoms with Gasteiger partial charge in [-0.25, -0.2) is 0 Å². The van der Waals surface area contributed by atoms with Crippen LogP contribution in [0.3, 0.4) is 0 Å². The van der Waals surface area contributed by atoms with E-state index in [0.29, 0.717) is 6.61 Å². The zero-order chi connectivity index (χ0) is 13.2. The molecule has 0 saturated heterocycles. The van der Waals surface area contributed by atoms with E-state index in [1.165, 1.54) is 25.7 Å². The topological polar surface area (TPSA) is 29.5 Å². The van der Waals surface area contributed by atoms with Crippen molar-refractivity contribution in [1.82, 2.24) is 0 Å². The molecule has 0 fully saturated rings. The smallest absolute Gasteiger partial charge is 0.119 e. The second kappa shape index (κ2) is 8.98. The average molecular weight is 250 g/mol. The summed E-state index contributed by atoms with van der Waals surface area (Å²) in [5, 5.41) is 10.1. The van der Waals surface area contributed by atoms with E-state index in [1.54, 1.807) is 0 Å². The number of aliphatic hydroxyl groups is 1. The molecule has 1 rings (SSSR count). The zero-order valence-electron chi connectivity index (χ0n) is 11.7. The molecule has 1 unspecified atom stereocenters. The predicted octanol–water partition coefficient (Wildman–Crippen LogP) is 4.48. The molecular formula is C16H26O2. The lowest BCUT2D eigenvalue weighted by Crippen LogP contribution is -1.99. The van der Waals surface area contributed by atoms with E-state index in [4.69, 9.17) is 4.74 Å². The highest BCUT2D eigenvalue weighted by Crippen LogP contribution is 2.23. The van der Waals surface area contributed by atoms with Crippen LogP contribution >= 0.6 is 0 Å². The molecular weight excluding hydrogens is 224 g/mol. The molecule has 0 spiro atoms. The molecule has 102 valence electrons. The van der Waals surface area contributed by atoms with Crippen LogP contribution in [-0.2, 0) is 0 Å². The van der Waals surface area contributed by atoms with E-state index in [0.717, 1.165) is 24.2 Å². The molecule has 2 nitrogen and oxygen atoms in total. The van der Waals surface area contributed by atoms with Crippen LogP contribution in [0.25, 0.3) is 0 Å². The lowest BCUT2D eigenvalue weighted by Gasteiger charge is -2.12. The minimum Gasteiger partial charge on any atom is -0.494 e. The van der Waals surface area contributed by atoms with Gasteiger partial charge in [-0.05, 0) is 31.0 Å². The molecule has 1 N–H and O–H groups in total. The normalized spacial score (nSPS) is 12.4. The summed E-state index contributed by atoms with van der Waals surface area (Å²) in [6, 6.07) is 7.79. The molecule has 18 heavy (non-hydrogen) atoms. The SMILES string of the molecule is CCCCCCCC(O)c1cccc(OCC)c1. The molecule has 0 radical (unpaired) electrons. The first kappa shape index (κ1) is 15.0. The first-order chi connectivity index (χ1) is 8.77. The molecule has 0 heterocycles. The highest BCUT2D eigenvalue weighted by Gasteiger charge is 2.07. The van der Waals surface area contributed by atoms with Gasteiger partial charge in [-0.1, -0.05) is 51.2 Å². The lowest BCUT2D eigenvalue weighted by molar-refractivity contribution is 0.163. The van der Waals surface area contributed by atoms with Crippen LogP contribution in [0.2, 0.25) is 0 Å². The summed E-state index contributed by atoms with van der Waals surface area (Å²) in [4.78, 5) is 0. The highest BCUT2D eigenvalue weighted by atomic mass is 16.5. The molecule has 0 saturated carbocycles. The maximum absolute atomic E-state index is 10.1. The van der Waals surface area contributed by atoms with Gasteiger partial charge < -0.3 is 9.84 Å². The third-order valence-electron chi connectivity index (χ3n) is 3.13. The summed E-state index contributed by atoms with van der Waals surface area (Å²) in [7, 11) is 0. The molecule has 0 aliphatic heterocycles. The van der Waals surface area contributed by atoms with E-state index in [9.17, 15) is 5.11 Å². The van der Waals surface area contributed by atoms with Crippen molar-refractivity contribution in [1.29, 1.82) is 0 Å². The quantitative estimate of drug-likeness (QED) is 0.655. The summed E-state index contributed by atoms with van der Waals surface area (Å²) in [6.07, 6.45) is 6.65. The van der Waals surface area contributed by atoms with Gasteiger partial charge in [0.25, 0.3) is 0 Å². The van der Waals surface area contributed by atoms with E-state index in [2.05, 4.69) is 6.92 Å². The van der Waals surface area contributed by atoms with Crippen LogP contribution in [0.4, 0.5) is 0 Å². The van der Waals surface area contributed by atoms with E-state index < -0.39 is 0 Å². The minimum absolute atomic E-state index is 0.355. The Hall–Kier alpha value is -1.02. The van der Waals surface area contributed by atoms with Crippen molar-refractivity contribution in [3.8, 4) is 5.75 Å². The number of ether oxygens (including phenoxy) is 1. The first-order valence-corrected chi connectivity index (χ1v) is 7.18. The number of hydrogen-bond donors (Lipinski definition) is 1. The predicted molar refractivity (Wildman–Crippen MR) is 75.9 cm³/mol. The van der Waals surface area contributed by atoms with E-state index >= 15 is 0 Å². The third-order valence-corrected chi connectivity index (χ3v) is 3.13. The van der Waals surface area contributed by atoms with Gasteiger partial charge in [-0.15, -0.1) is 0 Å². The van der Waals surface area contributed by atoms with Gasteiger partial charge >= 0.3 is 0 Å². The lowest BCUT2D eigenvalue weighted by atomic mass is 10.0. The number of aliphatic hydroxyl groups excluding tert-OH is 1. The Kier molecular flexibility index (Phi) is 7.51. The van der Waals surface area contributed by atoms with Crippen LogP contribution in [0, 0.1) is 0 Å². The summed E-state index contributed by atoms with van der Waals surface area (Å²) < 4.78 is 5.44. The average Bonchev–Trinajstić information content (AvgIpc) is 2.39. The fourth-order valence-electron chi connectivity index (χ4n) is 2.09. The molecule has 1 atom stereocenters. The Morgan fingerprint density at radius 3 is 2.61 bits per heavy atom. The summed E-state index contributed by atoms with van der Waals surface area (Å²) >= 11 is 0. The van der Waals surface area contributed by atoms with Crippen molar-refractivity contribution >= 4 is 0 Å². The Labute approximate surface area is 111 Å². The van der Waals surface area contributed by atoms with Crippen LogP contribution in [0.5, 0.6) is 5.75 Å². The summed E-state index contributed by atoms with van der Waals surface area (Å²) in [6.45, 7) is 4.85. The third kappa shape index (κ3) is 5.54. The molecule has 0 aromatic heterocycles. The van der Waals surface area contributed by atoms with Gasteiger partial charge in [0, 0.05) is 0 Å². The van der Waals surface area contributed by atoms with E-state index in [1.807, 2.05) is 31.2 Å². The maximum Gasteiger partial charge on any atom is 0.119 e. The standard InChI is InChI=1S/C16H26O2/c1-3-5-6-7-8-12-16(17)14-10-9-11-15(13-14)18-4-2/h9-11,13,16-17H,3-8,12H2,1-2H3. The fourth-order valence-corrected chi connectivity index (χ4v) is 2.09. The molecule has 0 amide bonds. The second-order valence-corrected chi connectivity index (χ2v) is 4.72. The second-order valence-electron chi connectivity index (χ2n) is 4.72.